The van der Waals surface area contributed by atoms with Gasteiger partial charge in [0.1, 0.15) is 0 Å². The third-order valence-electron chi connectivity index (χ3n) is 4.43. The van der Waals surface area contributed by atoms with Gasteiger partial charge < -0.3 is 10.1 Å². The SMILES string of the molecule is CCCNC1CCCC1N(C)C1CCOCC1. The summed E-state index contributed by atoms with van der Waals surface area (Å²) in [6.07, 6.45) is 7.79. The molecule has 2 atom stereocenters. The lowest BCUT2D eigenvalue weighted by atomic mass is 10.0. The van der Waals surface area contributed by atoms with Gasteiger partial charge >= 0.3 is 0 Å². The molecular formula is C14H28N2O. The standard InChI is InChI=1S/C14H28N2O/c1-3-9-15-13-5-4-6-14(13)16(2)12-7-10-17-11-8-12/h12-15H,3-11H2,1-2H3. The van der Waals surface area contributed by atoms with Gasteiger partial charge in [-0.25, -0.2) is 0 Å². The number of rotatable bonds is 5. The van der Waals surface area contributed by atoms with Crippen molar-refractivity contribution in [3.8, 4) is 0 Å². The molecule has 0 bridgehead atoms. The van der Waals surface area contributed by atoms with Crippen LogP contribution in [0.5, 0.6) is 0 Å². The van der Waals surface area contributed by atoms with Crippen LogP contribution in [0.3, 0.4) is 0 Å². The van der Waals surface area contributed by atoms with Gasteiger partial charge in [0.25, 0.3) is 0 Å². The van der Waals surface area contributed by atoms with E-state index in [2.05, 4.69) is 24.2 Å². The molecule has 0 aromatic carbocycles. The Morgan fingerprint density at radius 2 is 1.94 bits per heavy atom. The lowest BCUT2D eigenvalue weighted by molar-refractivity contribution is 0.0252. The van der Waals surface area contributed by atoms with E-state index < -0.39 is 0 Å². The monoisotopic (exact) mass is 240 g/mol. The zero-order valence-electron chi connectivity index (χ0n) is 11.5. The fourth-order valence-corrected chi connectivity index (χ4v) is 3.36. The molecule has 1 aliphatic heterocycles. The summed E-state index contributed by atoms with van der Waals surface area (Å²) in [5.41, 5.74) is 0. The summed E-state index contributed by atoms with van der Waals surface area (Å²) in [5, 5.41) is 3.73. The van der Waals surface area contributed by atoms with Crippen LogP contribution in [0.1, 0.15) is 45.4 Å². The van der Waals surface area contributed by atoms with Gasteiger partial charge in [0.05, 0.1) is 0 Å². The van der Waals surface area contributed by atoms with E-state index in [9.17, 15) is 0 Å². The molecule has 0 radical (unpaired) electrons. The number of hydrogen-bond donors (Lipinski definition) is 1. The van der Waals surface area contributed by atoms with Crippen molar-refractivity contribution in [2.75, 3.05) is 26.8 Å². The van der Waals surface area contributed by atoms with Crippen molar-refractivity contribution >= 4 is 0 Å². The van der Waals surface area contributed by atoms with E-state index in [1.807, 2.05) is 0 Å². The van der Waals surface area contributed by atoms with Crippen LogP contribution in [-0.2, 0) is 4.74 Å². The first-order valence-corrected chi connectivity index (χ1v) is 7.36. The van der Waals surface area contributed by atoms with E-state index >= 15 is 0 Å². The molecule has 17 heavy (non-hydrogen) atoms. The third kappa shape index (κ3) is 3.43. The average Bonchev–Trinajstić information content (AvgIpc) is 2.84. The number of hydrogen-bond acceptors (Lipinski definition) is 3. The first kappa shape index (κ1) is 13.3. The maximum Gasteiger partial charge on any atom is 0.0480 e. The summed E-state index contributed by atoms with van der Waals surface area (Å²) in [4.78, 5) is 2.64. The molecule has 1 heterocycles. The molecule has 0 aromatic heterocycles. The van der Waals surface area contributed by atoms with Gasteiger partial charge in [0, 0.05) is 31.3 Å². The van der Waals surface area contributed by atoms with Crippen LogP contribution in [0.15, 0.2) is 0 Å². The van der Waals surface area contributed by atoms with Crippen LogP contribution in [0.2, 0.25) is 0 Å². The number of likely N-dealkylation sites (N-methyl/N-ethyl adjacent to an activating group) is 1. The summed E-state index contributed by atoms with van der Waals surface area (Å²) in [5.74, 6) is 0. The van der Waals surface area contributed by atoms with Gasteiger partial charge in [-0.15, -0.1) is 0 Å². The second-order valence-electron chi connectivity index (χ2n) is 5.57. The average molecular weight is 240 g/mol. The minimum atomic E-state index is 0.725. The number of nitrogens with zero attached hydrogens (tertiary/aromatic N) is 1. The van der Waals surface area contributed by atoms with E-state index in [4.69, 9.17) is 4.74 Å². The predicted octanol–water partition coefficient (Wildman–Crippen LogP) is 2.02. The molecule has 0 spiro atoms. The fraction of sp³-hybridized carbons (Fsp3) is 1.00. The van der Waals surface area contributed by atoms with Gasteiger partial charge in [-0.1, -0.05) is 13.3 Å². The van der Waals surface area contributed by atoms with Crippen LogP contribution in [0.4, 0.5) is 0 Å². The molecule has 2 fully saturated rings. The van der Waals surface area contributed by atoms with Crippen molar-refractivity contribution in [2.45, 2.75) is 63.6 Å². The van der Waals surface area contributed by atoms with Crippen LogP contribution in [0.25, 0.3) is 0 Å². The Labute approximate surface area is 106 Å². The molecule has 1 saturated heterocycles. The maximum atomic E-state index is 5.46. The van der Waals surface area contributed by atoms with E-state index in [1.165, 1.54) is 45.1 Å². The summed E-state index contributed by atoms with van der Waals surface area (Å²) in [7, 11) is 2.33. The van der Waals surface area contributed by atoms with Gasteiger partial charge in [-0.3, -0.25) is 4.90 Å². The molecule has 2 aliphatic rings. The highest BCUT2D eigenvalue weighted by Crippen LogP contribution is 2.27. The summed E-state index contributed by atoms with van der Waals surface area (Å²) < 4.78 is 5.46. The molecule has 1 aliphatic carbocycles. The Hall–Kier alpha value is -0.120. The smallest absolute Gasteiger partial charge is 0.0480 e. The van der Waals surface area contributed by atoms with E-state index in [-0.39, 0.29) is 0 Å². The van der Waals surface area contributed by atoms with E-state index in [0.29, 0.717) is 0 Å². The molecule has 0 amide bonds. The molecule has 100 valence electrons. The Balaban J connectivity index is 1.85. The summed E-state index contributed by atoms with van der Waals surface area (Å²) >= 11 is 0. The van der Waals surface area contributed by atoms with Crippen LogP contribution in [-0.4, -0.2) is 49.8 Å². The molecule has 2 rings (SSSR count). The van der Waals surface area contributed by atoms with Gasteiger partial charge in [-0.2, -0.15) is 0 Å². The first-order valence-electron chi connectivity index (χ1n) is 7.36. The minimum absolute atomic E-state index is 0.725. The van der Waals surface area contributed by atoms with Crippen molar-refractivity contribution in [3.05, 3.63) is 0 Å². The van der Waals surface area contributed by atoms with Gasteiger partial charge in [-0.05, 0) is 45.7 Å². The van der Waals surface area contributed by atoms with Crippen LogP contribution < -0.4 is 5.32 Å². The Morgan fingerprint density at radius 1 is 1.18 bits per heavy atom. The summed E-state index contributed by atoms with van der Waals surface area (Å²) in [6, 6.07) is 2.23. The zero-order chi connectivity index (χ0) is 12.1. The van der Waals surface area contributed by atoms with Crippen LogP contribution >= 0.6 is 0 Å². The van der Waals surface area contributed by atoms with Crippen molar-refractivity contribution < 1.29 is 4.74 Å². The van der Waals surface area contributed by atoms with Gasteiger partial charge in [0.2, 0.25) is 0 Å². The van der Waals surface area contributed by atoms with Gasteiger partial charge in [0.15, 0.2) is 0 Å². The Bertz CT molecular complexity index is 216. The largest absolute Gasteiger partial charge is 0.381 e. The molecule has 1 saturated carbocycles. The second-order valence-corrected chi connectivity index (χ2v) is 5.57. The quantitative estimate of drug-likeness (QED) is 0.795. The van der Waals surface area contributed by atoms with Crippen molar-refractivity contribution in [1.82, 2.24) is 10.2 Å². The van der Waals surface area contributed by atoms with E-state index in [0.717, 1.165) is 31.3 Å². The normalized spacial score (nSPS) is 31.2. The lowest BCUT2D eigenvalue weighted by Crippen LogP contribution is -2.50. The highest BCUT2D eigenvalue weighted by atomic mass is 16.5. The number of nitrogens with one attached hydrogen (secondary N) is 1. The van der Waals surface area contributed by atoms with Crippen molar-refractivity contribution in [1.29, 1.82) is 0 Å². The first-order chi connectivity index (χ1) is 8.33. The van der Waals surface area contributed by atoms with Crippen molar-refractivity contribution in [2.24, 2.45) is 0 Å². The molecule has 2 unspecified atom stereocenters. The highest BCUT2D eigenvalue weighted by molar-refractivity contribution is 4.92. The predicted molar refractivity (Wildman–Crippen MR) is 71.3 cm³/mol. The molecule has 0 aromatic rings. The zero-order valence-corrected chi connectivity index (χ0v) is 11.5. The maximum absolute atomic E-state index is 5.46. The Morgan fingerprint density at radius 3 is 2.65 bits per heavy atom. The van der Waals surface area contributed by atoms with Crippen molar-refractivity contribution in [3.63, 3.8) is 0 Å². The fourth-order valence-electron chi connectivity index (χ4n) is 3.36. The Kier molecular flexibility index (Phi) is 5.26. The summed E-state index contributed by atoms with van der Waals surface area (Å²) in [6.45, 7) is 5.32. The topological polar surface area (TPSA) is 24.5 Å². The highest BCUT2D eigenvalue weighted by Gasteiger charge is 2.33. The minimum Gasteiger partial charge on any atom is -0.381 e. The molecular weight excluding hydrogens is 212 g/mol. The third-order valence-corrected chi connectivity index (χ3v) is 4.43. The number of ether oxygens (including phenoxy) is 1. The molecule has 3 heteroatoms. The molecule has 1 N–H and O–H groups in total. The second kappa shape index (κ2) is 6.72. The van der Waals surface area contributed by atoms with E-state index in [1.54, 1.807) is 0 Å². The lowest BCUT2D eigenvalue weighted by Gasteiger charge is -2.38. The van der Waals surface area contributed by atoms with Crippen LogP contribution in [0, 0.1) is 0 Å². The molecule has 3 nitrogen and oxygen atoms in total.